The number of nitrogens with zero attached hydrogens (tertiary/aromatic N) is 2. The van der Waals surface area contributed by atoms with Crippen molar-refractivity contribution in [2.45, 2.75) is 37.5 Å². The third kappa shape index (κ3) is 3.53. The fraction of sp³-hybridized carbons (Fsp3) is 0.217. The molecule has 232 valence electrons. The van der Waals surface area contributed by atoms with Crippen molar-refractivity contribution in [3.63, 3.8) is 0 Å². The maximum Gasteiger partial charge on any atom is 0.0543 e. The Morgan fingerprint density at radius 1 is 0.500 bits per heavy atom. The van der Waals surface area contributed by atoms with E-state index >= 15 is 0 Å². The Balaban J connectivity index is 1.17. The van der Waals surface area contributed by atoms with Crippen LogP contribution in [0.25, 0.3) is 38.6 Å². The monoisotopic (exact) mass is 618 g/mol. The normalized spacial score (nSPS) is 24.8. The number of hydrogen-bond donors (Lipinski definition) is 0. The average Bonchev–Trinajstić information content (AvgIpc) is 3.62. The smallest absolute Gasteiger partial charge is 0.0543 e. The maximum absolute atomic E-state index is 2.54. The third-order valence-corrected chi connectivity index (χ3v) is 12.7. The minimum atomic E-state index is 0.144. The van der Waals surface area contributed by atoms with E-state index in [1.165, 1.54) is 87.8 Å². The van der Waals surface area contributed by atoms with Gasteiger partial charge in [-0.05, 0) is 127 Å². The maximum atomic E-state index is 2.54. The van der Waals surface area contributed by atoms with E-state index in [9.17, 15) is 0 Å². The molecule has 0 N–H and O–H groups in total. The first-order chi connectivity index (χ1) is 23.8. The lowest BCUT2D eigenvalue weighted by Crippen LogP contribution is -2.55. The van der Waals surface area contributed by atoms with E-state index in [4.69, 9.17) is 0 Å². The van der Waals surface area contributed by atoms with Gasteiger partial charge in [-0.15, -0.1) is 0 Å². The lowest BCUT2D eigenvalue weighted by Gasteiger charge is -2.61. The summed E-state index contributed by atoms with van der Waals surface area (Å²) >= 11 is 0. The molecule has 2 heteroatoms. The van der Waals surface area contributed by atoms with Crippen molar-refractivity contribution in [2.75, 3.05) is 4.90 Å². The molecule has 48 heavy (non-hydrogen) atoms. The van der Waals surface area contributed by atoms with Gasteiger partial charge in [0.05, 0.1) is 16.7 Å². The van der Waals surface area contributed by atoms with Gasteiger partial charge < -0.3 is 9.47 Å². The largest absolute Gasteiger partial charge is 0.310 e. The molecule has 1 aromatic heterocycles. The zero-order valence-electron chi connectivity index (χ0n) is 27.1. The van der Waals surface area contributed by atoms with Gasteiger partial charge in [0.1, 0.15) is 0 Å². The van der Waals surface area contributed by atoms with Crippen molar-refractivity contribution in [3.8, 4) is 16.8 Å². The van der Waals surface area contributed by atoms with Crippen LogP contribution in [0.1, 0.15) is 43.2 Å². The summed E-state index contributed by atoms with van der Waals surface area (Å²) < 4.78 is 2.41. The van der Waals surface area contributed by atoms with Gasteiger partial charge >= 0.3 is 0 Å². The fourth-order valence-corrected chi connectivity index (χ4v) is 11.3. The van der Waals surface area contributed by atoms with Gasteiger partial charge in [0.2, 0.25) is 0 Å². The van der Waals surface area contributed by atoms with E-state index in [2.05, 4.69) is 155 Å². The SMILES string of the molecule is c1ccc(N(c2ccc3c(c2)c2ccccc2n3-c2ccccc2)c2cccc3c2-c2ccccc2C32C3CC4CC(C3)CC2C4)cc1. The van der Waals surface area contributed by atoms with Gasteiger partial charge in [0.25, 0.3) is 0 Å². The van der Waals surface area contributed by atoms with E-state index in [1.54, 1.807) is 11.1 Å². The molecular weight excluding hydrogens is 581 g/mol. The van der Waals surface area contributed by atoms with Gasteiger partial charge in [-0.3, -0.25) is 0 Å². The molecule has 4 fully saturated rings. The van der Waals surface area contributed by atoms with Crippen LogP contribution in [-0.2, 0) is 5.41 Å². The predicted octanol–water partition coefficient (Wildman–Crippen LogP) is 12.0. The van der Waals surface area contributed by atoms with Crippen LogP contribution in [0, 0.1) is 23.7 Å². The highest BCUT2D eigenvalue weighted by atomic mass is 15.1. The standard InChI is InChI=1S/C46H38N2/c1-3-12-34(13-4-1)47(36-22-23-43-39(29-36)37-16-8-10-20-42(37)48(43)35-14-5-2-6-15-35)44-21-11-19-41-45(44)38-17-7-9-18-40(38)46(41)32-25-30-24-31(27-32)28-33(46)26-30/h1-23,29-33H,24-28H2. The number of aromatic nitrogens is 1. The summed E-state index contributed by atoms with van der Waals surface area (Å²) in [6.07, 6.45) is 7.07. The van der Waals surface area contributed by atoms with Crippen molar-refractivity contribution >= 4 is 38.9 Å². The van der Waals surface area contributed by atoms with E-state index < -0.39 is 0 Å². The molecule has 4 saturated carbocycles. The Labute approximate surface area is 282 Å². The van der Waals surface area contributed by atoms with Crippen molar-refractivity contribution in [1.82, 2.24) is 4.57 Å². The first-order valence-electron chi connectivity index (χ1n) is 18.0. The highest BCUT2D eigenvalue weighted by Gasteiger charge is 2.61. The number of fused-ring (bicyclic) bond motifs is 6. The van der Waals surface area contributed by atoms with Crippen LogP contribution in [0.15, 0.2) is 146 Å². The zero-order valence-corrected chi connectivity index (χ0v) is 27.1. The van der Waals surface area contributed by atoms with Crippen LogP contribution in [0.5, 0.6) is 0 Å². The molecule has 5 aliphatic carbocycles. The molecule has 0 saturated heterocycles. The molecule has 0 radical (unpaired) electrons. The Kier molecular flexibility index (Phi) is 5.59. The quantitative estimate of drug-likeness (QED) is 0.190. The molecule has 0 amide bonds. The number of anilines is 3. The average molecular weight is 619 g/mol. The molecule has 5 aliphatic rings. The van der Waals surface area contributed by atoms with E-state index in [0.29, 0.717) is 0 Å². The zero-order chi connectivity index (χ0) is 31.4. The van der Waals surface area contributed by atoms with Gasteiger partial charge in [0, 0.05) is 38.8 Å². The molecule has 0 atom stereocenters. The first kappa shape index (κ1) is 26.9. The minimum absolute atomic E-state index is 0.144. The molecule has 7 aromatic rings. The van der Waals surface area contributed by atoms with Crippen LogP contribution >= 0.6 is 0 Å². The van der Waals surface area contributed by atoms with Crippen molar-refractivity contribution in [1.29, 1.82) is 0 Å². The topological polar surface area (TPSA) is 8.17 Å². The Morgan fingerprint density at radius 2 is 1.15 bits per heavy atom. The van der Waals surface area contributed by atoms with Gasteiger partial charge in [-0.2, -0.15) is 0 Å². The van der Waals surface area contributed by atoms with E-state index in [1.807, 2.05) is 0 Å². The number of benzene rings is 6. The molecule has 0 aliphatic heterocycles. The van der Waals surface area contributed by atoms with Gasteiger partial charge in [-0.25, -0.2) is 0 Å². The second-order valence-electron chi connectivity index (χ2n) is 15.0. The minimum Gasteiger partial charge on any atom is -0.310 e. The van der Waals surface area contributed by atoms with Crippen molar-refractivity contribution in [3.05, 3.63) is 157 Å². The molecule has 12 rings (SSSR count). The van der Waals surface area contributed by atoms with Crippen molar-refractivity contribution < 1.29 is 0 Å². The molecule has 0 unspecified atom stereocenters. The summed E-state index contributed by atoms with van der Waals surface area (Å²) in [4.78, 5) is 2.54. The molecule has 1 heterocycles. The van der Waals surface area contributed by atoms with Gasteiger partial charge in [0.15, 0.2) is 0 Å². The Morgan fingerprint density at radius 3 is 1.94 bits per heavy atom. The van der Waals surface area contributed by atoms with Crippen molar-refractivity contribution in [2.24, 2.45) is 23.7 Å². The predicted molar refractivity (Wildman–Crippen MR) is 199 cm³/mol. The molecule has 6 aromatic carbocycles. The summed E-state index contributed by atoms with van der Waals surface area (Å²) in [6.45, 7) is 0. The third-order valence-electron chi connectivity index (χ3n) is 12.7. The second kappa shape index (κ2) is 9.97. The first-order valence-corrected chi connectivity index (χ1v) is 18.0. The summed E-state index contributed by atoms with van der Waals surface area (Å²) in [5, 5.41) is 2.56. The highest BCUT2D eigenvalue weighted by Crippen LogP contribution is 2.70. The van der Waals surface area contributed by atoms with E-state index in [-0.39, 0.29) is 5.41 Å². The summed E-state index contributed by atoms with van der Waals surface area (Å²) in [5.41, 5.74) is 13.6. The van der Waals surface area contributed by atoms with E-state index in [0.717, 1.165) is 23.7 Å². The van der Waals surface area contributed by atoms with Gasteiger partial charge in [-0.1, -0.05) is 91.0 Å². The van der Waals surface area contributed by atoms with Crippen LogP contribution in [0.2, 0.25) is 0 Å². The Hall–Kier alpha value is -5.08. The summed E-state index contributed by atoms with van der Waals surface area (Å²) in [7, 11) is 0. The van der Waals surface area contributed by atoms with Crippen LogP contribution in [0.4, 0.5) is 17.1 Å². The highest BCUT2D eigenvalue weighted by molar-refractivity contribution is 6.11. The molecular formula is C46H38N2. The fourth-order valence-electron chi connectivity index (χ4n) is 11.3. The molecule has 2 nitrogen and oxygen atoms in total. The lowest BCUT2D eigenvalue weighted by molar-refractivity contribution is -0.0399. The van der Waals surface area contributed by atoms with Crippen LogP contribution < -0.4 is 4.90 Å². The van der Waals surface area contributed by atoms with Crippen LogP contribution in [0.3, 0.4) is 0 Å². The molecule has 4 bridgehead atoms. The second-order valence-corrected chi connectivity index (χ2v) is 15.0. The summed E-state index contributed by atoms with van der Waals surface area (Å²) in [5.74, 6) is 3.36. The number of rotatable bonds is 4. The van der Waals surface area contributed by atoms with Crippen LogP contribution in [-0.4, -0.2) is 4.57 Å². The number of hydrogen-bond acceptors (Lipinski definition) is 1. The lowest BCUT2D eigenvalue weighted by atomic mass is 9.43. The Bertz CT molecular complexity index is 2340. The molecule has 1 spiro atoms. The number of para-hydroxylation sites is 3. The summed E-state index contributed by atoms with van der Waals surface area (Å²) in [6, 6.07) is 54.5.